The molecule has 1 aromatic carbocycles. The van der Waals surface area contributed by atoms with E-state index in [1.807, 2.05) is 0 Å². The number of nitrogens with zero attached hydrogens (tertiary/aromatic N) is 1. The summed E-state index contributed by atoms with van der Waals surface area (Å²) in [6.45, 7) is 8.95. The summed E-state index contributed by atoms with van der Waals surface area (Å²) in [6, 6.07) is 9.65. The zero-order chi connectivity index (χ0) is 14.4. The van der Waals surface area contributed by atoms with Crippen LogP contribution < -0.4 is 5.32 Å². The van der Waals surface area contributed by atoms with Gasteiger partial charge in [0, 0.05) is 39.3 Å². The maximum absolute atomic E-state index is 5.30. The van der Waals surface area contributed by atoms with Crippen molar-refractivity contribution in [1.82, 2.24) is 10.2 Å². The average molecular weight is 276 g/mol. The Hall–Kier alpha value is -0.900. The van der Waals surface area contributed by atoms with Gasteiger partial charge in [-0.2, -0.15) is 0 Å². The van der Waals surface area contributed by atoms with Gasteiger partial charge in [-0.05, 0) is 37.8 Å². The van der Waals surface area contributed by atoms with E-state index in [1.54, 1.807) is 7.11 Å². The number of nitrogens with one attached hydrogen (secondary N) is 1. The highest BCUT2D eigenvalue weighted by Crippen LogP contribution is 2.21. The van der Waals surface area contributed by atoms with Crippen LogP contribution in [0, 0.1) is 0 Å². The van der Waals surface area contributed by atoms with E-state index in [4.69, 9.17) is 4.74 Å². The maximum Gasteiger partial charge on any atom is 0.0546 e. The van der Waals surface area contributed by atoms with Gasteiger partial charge in [0.15, 0.2) is 0 Å². The summed E-state index contributed by atoms with van der Waals surface area (Å²) >= 11 is 0. The summed E-state index contributed by atoms with van der Waals surface area (Å²) in [6.07, 6.45) is 2.52. The highest BCUT2D eigenvalue weighted by atomic mass is 16.5. The van der Waals surface area contributed by atoms with E-state index in [0.717, 1.165) is 39.0 Å². The molecule has 1 N–H and O–H groups in total. The van der Waals surface area contributed by atoms with Crippen LogP contribution in [0.2, 0.25) is 0 Å². The summed E-state index contributed by atoms with van der Waals surface area (Å²) in [4.78, 5) is 2.55. The molecular formula is C17H28N2O. The SMILES string of the molecule is COC(C)CCc1ccc(C(C)N2CCNCC2)cc1. The van der Waals surface area contributed by atoms with Crippen molar-refractivity contribution in [3.63, 3.8) is 0 Å². The van der Waals surface area contributed by atoms with Crippen LogP contribution in [0.15, 0.2) is 24.3 Å². The quantitative estimate of drug-likeness (QED) is 0.864. The molecule has 3 heteroatoms. The summed E-state index contributed by atoms with van der Waals surface area (Å²) in [7, 11) is 1.78. The first-order chi connectivity index (χ1) is 9.70. The van der Waals surface area contributed by atoms with Gasteiger partial charge in [-0.1, -0.05) is 24.3 Å². The number of hydrogen-bond donors (Lipinski definition) is 1. The van der Waals surface area contributed by atoms with Crippen LogP contribution in [0.3, 0.4) is 0 Å². The first-order valence-corrected chi connectivity index (χ1v) is 7.77. The molecule has 3 nitrogen and oxygen atoms in total. The van der Waals surface area contributed by atoms with Crippen molar-refractivity contribution in [2.24, 2.45) is 0 Å². The second kappa shape index (κ2) is 7.77. The van der Waals surface area contributed by atoms with Crippen molar-refractivity contribution in [1.29, 1.82) is 0 Å². The van der Waals surface area contributed by atoms with Crippen molar-refractivity contribution in [3.05, 3.63) is 35.4 Å². The molecule has 1 heterocycles. The Morgan fingerprint density at radius 1 is 1.15 bits per heavy atom. The van der Waals surface area contributed by atoms with Gasteiger partial charge in [-0.3, -0.25) is 4.90 Å². The Labute approximate surface area is 123 Å². The number of hydrogen-bond acceptors (Lipinski definition) is 3. The van der Waals surface area contributed by atoms with Gasteiger partial charge in [0.25, 0.3) is 0 Å². The van der Waals surface area contributed by atoms with E-state index < -0.39 is 0 Å². The Bertz CT molecular complexity index is 384. The van der Waals surface area contributed by atoms with Crippen molar-refractivity contribution in [2.45, 2.75) is 38.8 Å². The van der Waals surface area contributed by atoms with Gasteiger partial charge in [-0.25, -0.2) is 0 Å². The van der Waals surface area contributed by atoms with Crippen LogP contribution in [0.5, 0.6) is 0 Å². The lowest BCUT2D eigenvalue weighted by Crippen LogP contribution is -2.44. The molecule has 20 heavy (non-hydrogen) atoms. The second-order valence-electron chi connectivity index (χ2n) is 5.79. The van der Waals surface area contributed by atoms with Gasteiger partial charge >= 0.3 is 0 Å². The van der Waals surface area contributed by atoms with Gasteiger partial charge in [0.05, 0.1) is 6.10 Å². The first kappa shape index (κ1) is 15.5. The maximum atomic E-state index is 5.30. The van der Waals surface area contributed by atoms with E-state index in [9.17, 15) is 0 Å². The van der Waals surface area contributed by atoms with E-state index in [1.165, 1.54) is 11.1 Å². The Balaban J connectivity index is 1.89. The molecular weight excluding hydrogens is 248 g/mol. The molecule has 1 fully saturated rings. The third kappa shape index (κ3) is 4.30. The van der Waals surface area contributed by atoms with Gasteiger partial charge in [-0.15, -0.1) is 0 Å². The molecule has 0 saturated carbocycles. The number of rotatable bonds is 6. The molecule has 1 aliphatic rings. The molecule has 2 rings (SSSR count). The monoisotopic (exact) mass is 276 g/mol. The van der Waals surface area contributed by atoms with Crippen LogP contribution in [0.4, 0.5) is 0 Å². The third-order valence-electron chi connectivity index (χ3n) is 4.40. The summed E-state index contributed by atoms with van der Waals surface area (Å²) in [5.41, 5.74) is 2.83. The predicted molar refractivity (Wildman–Crippen MR) is 84.1 cm³/mol. The van der Waals surface area contributed by atoms with Crippen LogP contribution in [0.25, 0.3) is 0 Å². The molecule has 112 valence electrons. The number of methoxy groups -OCH3 is 1. The number of ether oxygens (including phenoxy) is 1. The first-order valence-electron chi connectivity index (χ1n) is 7.77. The Morgan fingerprint density at radius 2 is 1.80 bits per heavy atom. The van der Waals surface area contributed by atoms with Gasteiger partial charge < -0.3 is 10.1 Å². The molecule has 1 aliphatic heterocycles. The van der Waals surface area contributed by atoms with Crippen LogP contribution >= 0.6 is 0 Å². The zero-order valence-electron chi connectivity index (χ0n) is 13.1. The van der Waals surface area contributed by atoms with E-state index >= 15 is 0 Å². The Kier molecular flexibility index (Phi) is 6.02. The molecule has 0 bridgehead atoms. The number of piperazine rings is 1. The second-order valence-corrected chi connectivity index (χ2v) is 5.79. The average Bonchev–Trinajstić information content (AvgIpc) is 2.53. The summed E-state index contributed by atoms with van der Waals surface area (Å²) < 4.78 is 5.30. The lowest BCUT2D eigenvalue weighted by atomic mass is 10.0. The molecule has 2 unspecified atom stereocenters. The van der Waals surface area contributed by atoms with Crippen molar-refractivity contribution in [3.8, 4) is 0 Å². The minimum atomic E-state index is 0.342. The fourth-order valence-corrected chi connectivity index (χ4v) is 2.73. The molecule has 0 spiro atoms. The highest BCUT2D eigenvalue weighted by molar-refractivity contribution is 5.25. The molecule has 1 saturated heterocycles. The largest absolute Gasteiger partial charge is 0.382 e. The third-order valence-corrected chi connectivity index (χ3v) is 4.40. The van der Waals surface area contributed by atoms with Gasteiger partial charge in [0.2, 0.25) is 0 Å². The van der Waals surface area contributed by atoms with E-state index in [0.29, 0.717) is 12.1 Å². The van der Waals surface area contributed by atoms with Crippen LogP contribution in [-0.4, -0.2) is 44.3 Å². The lowest BCUT2D eigenvalue weighted by molar-refractivity contribution is 0.111. The smallest absolute Gasteiger partial charge is 0.0546 e. The summed E-state index contributed by atoms with van der Waals surface area (Å²) in [5.74, 6) is 0. The predicted octanol–water partition coefficient (Wildman–Crippen LogP) is 2.62. The van der Waals surface area contributed by atoms with E-state index in [2.05, 4.69) is 48.3 Å². The standard InChI is InChI=1S/C17H28N2O/c1-14(20-3)4-5-16-6-8-17(9-7-16)15(2)19-12-10-18-11-13-19/h6-9,14-15,18H,4-5,10-13H2,1-3H3. The number of benzene rings is 1. The molecule has 2 atom stereocenters. The topological polar surface area (TPSA) is 24.5 Å². The normalized spacial score (nSPS) is 19.8. The fraction of sp³-hybridized carbons (Fsp3) is 0.647. The Morgan fingerprint density at radius 3 is 2.40 bits per heavy atom. The van der Waals surface area contributed by atoms with Crippen molar-refractivity contribution >= 4 is 0 Å². The molecule has 0 aromatic heterocycles. The van der Waals surface area contributed by atoms with E-state index in [-0.39, 0.29) is 0 Å². The van der Waals surface area contributed by atoms with Crippen LogP contribution in [-0.2, 0) is 11.2 Å². The van der Waals surface area contributed by atoms with Crippen LogP contribution in [0.1, 0.15) is 37.4 Å². The fourth-order valence-electron chi connectivity index (χ4n) is 2.73. The lowest BCUT2D eigenvalue weighted by Gasteiger charge is -2.33. The van der Waals surface area contributed by atoms with Gasteiger partial charge in [0.1, 0.15) is 0 Å². The zero-order valence-corrected chi connectivity index (χ0v) is 13.1. The van der Waals surface area contributed by atoms with Crippen molar-refractivity contribution < 1.29 is 4.74 Å². The molecule has 0 amide bonds. The highest BCUT2D eigenvalue weighted by Gasteiger charge is 2.17. The molecule has 0 radical (unpaired) electrons. The van der Waals surface area contributed by atoms with Crippen molar-refractivity contribution in [2.75, 3.05) is 33.3 Å². The molecule has 1 aromatic rings. The minimum absolute atomic E-state index is 0.342. The summed E-state index contributed by atoms with van der Waals surface area (Å²) in [5, 5.41) is 3.41. The minimum Gasteiger partial charge on any atom is -0.382 e. The molecule has 0 aliphatic carbocycles. The number of aryl methyl sites for hydroxylation is 1.